The second kappa shape index (κ2) is 24.3. The number of fused-ring (bicyclic) bond motifs is 18. The van der Waals surface area contributed by atoms with E-state index in [9.17, 15) is 0 Å². The van der Waals surface area contributed by atoms with Crippen LogP contribution in [0.1, 0.15) is 0 Å². The van der Waals surface area contributed by atoms with Crippen LogP contribution in [0.2, 0.25) is 0 Å². The van der Waals surface area contributed by atoms with Crippen molar-refractivity contribution in [2.75, 3.05) is 0 Å². The van der Waals surface area contributed by atoms with E-state index in [4.69, 9.17) is 19.9 Å². The van der Waals surface area contributed by atoms with Gasteiger partial charge < -0.3 is 0 Å². The molecule has 0 radical (unpaired) electrons. The number of aromatic nitrogens is 6. The fraction of sp³-hybridized carbons (Fsp3) is 0. The molecule has 0 bridgehead atoms. The molecule has 0 aliphatic carbocycles. The number of thiophene rings is 2. The molecule has 8 heteroatoms. The van der Waals surface area contributed by atoms with Gasteiger partial charge in [-0.05, 0) is 139 Å². The highest BCUT2D eigenvalue weighted by Gasteiger charge is 2.23. The minimum absolute atomic E-state index is 0.666. The van der Waals surface area contributed by atoms with E-state index in [0.29, 0.717) is 11.9 Å². The Morgan fingerprint density at radius 3 is 1.16 bits per heavy atom. The van der Waals surface area contributed by atoms with Crippen LogP contribution >= 0.6 is 22.7 Å². The molecule has 0 amide bonds. The maximum Gasteiger partial charge on any atom is 0.235 e. The topological polar surface area (TPSA) is 61.4 Å². The van der Waals surface area contributed by atoms with Gasteiger partial charge in [0.15, 0.2) is 0 Å². The normalized spacial score (nSPS) is 11.8. The van der Waals surface area contributed by atoms with Crippen molar-refractivity contribution in [3.05, 3.63) is 352 Å². The van der Waals surface area contributed by atoms with Crippen molar-refractivity contribution < 1.29 is 0 Å². The predicted molar refractivity (Wildman–Crippen MR) is 441 cm³/mol. The second-order valence-corrected chi connectivity index (χ2v) is 28.9. The molecule has 484 valence electrons. The number of nitrogens with zero attached hydrogens (tertiary/aromatic N) is 6. The highest BCUT2D eigenvalue weighted by atomic mass is 32.1. The molecule has 16 aromatic carbocycles. The van der Waals surface area contributed by atoms with Crippen molar-refractivity contribution in [2.45, 2.75) is 0 Å². The maximum absolute atomic E-state index is 5.35. The highest BCUT2D eigenvalue weighted by Crippen LogP contribution is 2.45. The van der Waals surface area contributed by atoms with Crippen molar-refractivity contribution in [2.24, 2.45) is 0 Å². The van der Waals surface area contributed by atoms with Crippen LogP contribution in [0, 0.1) is 0 Å². The van der Waals surface area contributed by atoms with Crippen molar-refractivity contribution in [3.8, 4) is 78.9 Å². The van der Waals surface area contributed by atoms with Gasteiger partial charge in [-0.2, -0.15) is 0 Å². The monoisotopic (exact) mass is 1360 g/mol. The molecular weight excluding hydrogens is 1300 g/mol. The number of benzene rings is 16. The van der Waals surface area contributed by atoms with Gasteiger partial charge in [0.2, 0.25) is 11.9 Å². The minimum atomic E-state index is 0.666. The van der Waals surface area contributed by atoms with Gasteiger partial charge in [0.25, 0.3) is 0 Å². The SMILES string of the molecule is c1ccc(-c2ccc(-c3nc(-n4c5ccccc5c5c6ccc(-c7ccc8sc9ccccc9c8c7)cc6ccc54)nc4ccccc34)cc2)cc1.c1ccc(-c2ccc(-c3nc(-n4c5ccccc5c5c6ccc(-c7cccc8c7sc7ccccc78)cc6ccc54)nc4ccccc34)cc2)cc1. The van der Waals surface area contributed by atoms with Crippen molar-refractivity contribution >= 4 is 150 Å². The van der Waals surface area contributed by atoms with Gasteiger partial charge in [-0.15, -0.1) is 22.7 Å². The van der Waals surface area contributed by atoms with Crippen LogP contribution in [0.3, 0.4) is 0 Å². The van der Waals surface area contributed by atoms with Gasteiger partial charge in [0, 0.05) is 83.8 Å². The zero-order valence-corrected chi connectivity index (χ0v) is 57.6. The summed E-state index contributed by atoms with van der Waals surface area (Å²) in [5.74, 6) is 1.33. The molecule has 6 nitrogen and oxygen atoms in total. The molecule has 22 aromatic rings. The fourth-order valence-electron chi connectivity index (χ4n) is 15.9. The summed E-state index contributed by atoms with van der Waals surface area (Å²) in [5, 5.41) is 17.0. The standard InChI is InChI=1S/2C48H29N3S/c1-2-11-30(12-3-1)31-21-23-32(24-22-31)46-39-14-4-7-18-41(39)49-48(50-46)51-42-19-8-5-15-40(42)45-35-27-25-34(29-33(35)26-28-43(45)51)36-16-10-17-38-37-13-6-9-20-44(37)52-47(36)38;1-2-10-30(11-3-1)31-18-20-32(21-19-31)47-38-13-4-7-15-41(38)49-48(50-47)51-42-16-8-5-14-39(42)46-36-25-22-33(28-35(36)23-26-43(46)51)34-24-27-45-40(29-34)37-12-6-9-17-44(37)52-45/h2*1-29H. The number of hydrogen-bond acceptors (Lipinski definition) is 6. The summed E-state index contributed by atoms with van der Waals surface area (Å²) < 4.78 is 9.79. The van der Waals surface area contributed by atoms with Gasteiger partial charge in [0.1, 0.15) is 0 Å². The zero-order chi connectivity index (χ0) is 68.3. The van der Waals surface area contributed by atoms with E-state index in [-0.39, 0.29) is 0 Å². The molecular formula is C96H58N6S2. The van der Waals surface area contributed by atoms with Crippen molar-refractivity contribution in [3.63, 3.8) is 0 Å². The summed E-state index contributed by atoms with van der Waals surface area (Å²) in [6.07, 6.45) is 0. The third kappa shape index (κ3) is 9.83. The second-order valence-electron chi connectivity index (χ2n) is 26.8. The van der Waals surface area contributed by atoms with Crippen LogP contribution in [-0.2, 0) is 0 Å². The van der Waals surface area contributed by atoms with Crippen LogP contribution in [0.25, 0.3) is 206 Å². The summed E-state index contributed by atoms with van der Waals surface area (Å²) in [6, 6.07) is 126. The Morgan fingerprint density at radius 2 is 0.606 bits per heavy atom. The quantitative estimate of drug-likeness (QED) is 0.152. The molecule has 104 heavy (non-hydrogen) atoms. The number of para-hydroxylation sites is 4. The Labute approximate surface area is 605 Å². The Hall–Kier alpha value is -13.2. The van der Waals surface area contributed by atoms with Gasteiger partial charge in [0.05, 0.1) is 44.5 Å². The lowest BCUT2D eigenvalue weighted by Gasteiger charge is -2.12. The predicted octanol–water partition coefficient (Wildman–Crippen LogP) is 26.5. The first kappa shape index (κ1) is 59.6. The van der Waals surface area contributed by atoms with Crippen LogP contribution in [0.15, 0.2) is 352 Å². The summed E-state index contributed by atoms with van der Waals surface area (Å²) >= 11 is 3.73. The van der Waals surface area contributed by atoms with E-state index in [0.717, 1.165) is 66.4 Å². The van der Waals surface area contributed by atoms with Crippen LogP contribution < -0.4 is 0 Å². The summed E-state index contributed by atoms with van der Waals surface area (Å²) in [7, 11) is 0. The maximum atomic E-state index is 5.35. The van der Waals surface area contributed by atoms with E-state index in [2.05, 4.69) is 361 Å². The van der Waals surface area contributed by atoms with Gasteiger partial charge in [-0.3, -0.25) is 9.13 Å². The van der Waals surface area contributed by atoms with Gasteiger partial charge in [-0.25, -0.2) is 19.9 Å². The van der Waals surface area contributed by atoms with Gasteiger partial charge >= 0.3 is 0 Å². The van der Waals surface area contributed by atoms with Crippen molar-refractivity contribution in [1.29, 1.82) is 0 Å². The minimum Gasteiger partial charge on any atom is -0.278 e. The molecule has 22 rings (SSSR count). The Kier molecular flexibility index (Phi) is 13.9. The van der Waals surface area contributed by atoms with Crippen LogP contribution in [0.5, 0.6) is 0 Å². The third-order valence-corrected chi connectivity index (χ3v) is 23.2. The van der Waals surface area contributed by atoms with Crippen LogP contribution in [0.4, 0.5) is 0 Å². The molecule has 0 aliphatic heterocycles. The Morgan fingerprint density at radius 1 is 0.212 bits per heavy atom. The fourth-order valence-corrected chi connectivity index (χ4v) is 18.2. The Balaban J connectivity index is 0.000000134. The molecule has 6 aromatic heterocycles. The average molecular weight is 1360 g/mol. The largest absolute Gasteiger partial charge is 0.278 e. The zero-order valence-electron chi connectivity index (χ0n) is 56.0. The first-order chi connectivity index (χ1) is 51.5. The van der Waals surface area contributed by atoms with E-state index in [1.54, 1.807) is 0 Å². The molecule has 0 atom stereocenters. The smallest absolute Gasteiger partial charge is 0.235 e. The lowest BCUT2D eigenvalue weighted by atomic mass is 9.97. The summed E-state index contributed by atoms with van der Waals surface area (Å²) in [4.78, 5) is 21.1. The average Bonchev–Trinajstić information content (AvgIpc) is 1.58. The van der Waals surface area contributed by atoms with E-state index >= 15 is 0 Å². The lowest BCUT2D eigenvalue weighted by molar-refractivity contribution is 1.01. The number of hydrogen-bond donors (Lipinski definition) is 0. The first-order valence-electron chi connectivity index (χ1n) is 35.2. The molecule has 6 heterocycles. The highest BCUT2D eigenvalue weighted by molar-refractivity contribution is 7.26. The number of rotatable bonds is 8. The third-order valence-electron chi connectivity index (χ3n) is 20.8. The van der Waals surface area contributed by atoms with E-state index in [1.807, 2.05) is 22.7 Å². The van der Waals surface area contributed by atoms with Crippen LogP contribution in [-0.4, -0.2) is 29.1 Å². The molecule has 0 aliphatic rings. The first-order valence-corrected chi connectivity index (χ1v) is 36.8. The molecule has 0 saturated carbocycles. The molecule has 0 saturated heterocycles. The molecule has 0 spiro atoms. The van der Waals surface area contributed by atoms with E-state index < -0.39 is 0 Å². The van der Waals surface area contributed by atoms with Crippen molar-refractivity contribution in [1.82, 2.24) is 29.1 Å². The lowest BCUT2D eigenvalue weighted by Crippen LogP contribution is -2.03. The summed E-state index contributed by atoms with van der Waals surface area (Å²) in [5.41, 5.74) is 19.9. The Bertz CT molecular complexity index is 7200. The molecule has 0 N–H and O–H groups in total. The molecule has 0 fully saturated rings. The molecule has 0 unspecified atom stereocenters. The van der Waals surface area contributed by atoms with E-state index in [1.165, 1.54) is 128 Å². The summed E-state index contributed by atoms with van der Waals surface area (Å²) in [6.45, 7) is 0. The van der Waals surface area contributed by atoms with Gasteiger partial charge in [-0.1, -0.05) is 279 Å².